The molecule has 8 heteroatoms. The predicted octanol–water partition coefficient (Wildman–Crippen LogP) is 0.873. The van der Waals surface area contributed by atoms with Crippen LogP contribution in [0.1, 0.15) is 13.3 Å². The molecule has 1 amide bonds. The van der Waals surface area contributed by atoms with Gasteiger partial charge in [-0.2, -0.15) is 0 Å². The highest BCUT2D eigenvalue weighted by molar-refractivity contribution is 7.92. The number of sulfonamides is 1. The van der Waals surface area contributed by atoms with Gasteiger partial charge in [-0.05, 0) is 25.1 Å². The van der Waals surface area contributed by atoms with Gasteiger partial charge in [-0.15, -0.1) is 0 Å². The van der Waals surface area contributed by atoms with Crippen LogP contribution in [0.5, 0.6) is 0 Å². The van der Waals surface area contributed by atoms with Crippen LogP contribution in [0.15, 0.2) is 18.2 Å². The highest BCUT2D eigenvalue weighted by Crippen LogP contribution is 2.20. The molecule has 0 saturated carbocycles. The van der Waals surface area contributed by atoms with Crippen molar-refractivity contribution < 1.29 is 17.6 Å². The second-order valence-electron chi connectivity index (χ2n) is 4.30. The average Bonchev–Trinajstić information content (AvgIpc) is 2.19. The number of carbonyl (C=O) groups excluding carboxylic acids is 1. The van der Waals surface area contributed by atoms with Gasteiger partial charge in [0.2, 0.25) is 15.9 Å². The molecule has 1 atom stereocenters. The van der Waals surface area contributed by atoms with E-state index in [0.717, 1.165) is 12.3 Å². The first kappa shape index (κ1) is 15.4. The summed E-state index contributed by atoms with van der Waals surface area (Å²) in [7, 11) is -3.59. The minimum Gasteiger partial charge on any atom is -0.327 e. The van der Waals surface area contributed by atoms with Gasteiger partial charge in [-0.3, -0.25) is 9.52 Å². The summed E-state index contributed by atoms with van der Waals surface area (Å²) in [6.07, 6.45) is 1.03. The van der Waals surface area contributed by atoms with Crippen LogP contribution in [0.3, 0.4) is 0 Å². The molecule has 0 aliphatic rings. The van der Waals surface area contributed by atoms with E-state index in [1.54, 1.807) is 6.92 Å². The molecule has 1 aromatic rings. The molecule has 1 aromatic carbocycles. The van der Waals surface area contributed by atoms with Crippen LogP contribution in [0.25, 0.3) is 0 Å². The van der Waals surface area contributed by atoms with Crippen molar-refractivity contribution in [2.24, 2.45) is 5.73 Å². The number of hydrogen-bond donors (Lipinski definition) is 3. The first-order valence-corrected chi connectivity index (χ1v) is 7.39. The van der Waals surface area contributed by atoms with Crippen molar-refractivity contribution >= 4 is 27.3 Å². The van der Waals surface area contributed by atoms with Crippen molar-refractivity contribution in [2.45, 2.75) is 19.4 Å². The van der Waals surface area contributed by atoms with Crippen LogP contribution >= 0.6 is 0 Å². The largest absolute Gasteiger partial charge is 0.327 e. The van der Waals surface area contributed by atoms with Crippen LogP contribution in [0, 0.1) is 5.82 Å². The highest BCUT2D eigenvalue weighted by Gasteiger charge is 2.10. The van der Waals surface area contributed by atoms with E-state index in [1.807, 2.05) is 4.72 Å². The standard InChI is InChI=1S/C11H16FN3O3S/c1-7(13)5-11(16)14-8-3-4-9(12)10(6-8)15-19(2,17)18/h3-4,6-7,15H,5,13H2,1-2H3,(H,14,16). The Morgan fingerprint density at radius 3 is 2.63 bits per heavy atom. The van der Waals surface area contributed by atoms with Gasteiger partial charge in [0, 0.05) is 18.2 Å². The Morgan fingerprint density at radius 2 is 2.11 bits per heavy atom. The number of amides is 1. The summed E-state index contributed by atoms with van der Waals surface area (Å²) < 4.78 is 37.5. The monoisotopic (exact) mass is 289 g/mol. The van der Waals surface area contributed by atoms with Crippen molar-refractivity contribution in [1.29, 1.82) is 0 Å². The van der Waals surface area contributed by atoms with E-state index >= 15 is 0 Å². The summed E-state index contributed by atoms with van der Waals surface area (Å²) in [5.41, 5.74) is 5.54. The van der Waals surface area contributed by atoms with Crippen molar-refractivity contribution in [2.75, 3.05) is 16.3 Å². The van der Waals surface area contributed by atoms with Crippen LogP contribution in [0.2, 0.25) is 0 Å². The fourth-order valence-corrected chi connectivity index (χ4v) is 1.94. The zero-order valence-corrected chi connectivity index (χ0v) is 11.4. The van der Waals surface area contributed by atoms with Gasteiger partial charge in [0.05, 0.1) is 11.9 Å². The molecule has 4 N–H and O–H groups in total. The normalized spacial score (nSPS) is 12.8. The lowest BCUT2D eigenvalue weighted by molar-refractivity contribution is -0.116. The molecule has 6 nitrogen and oxygen atoms in total. The van der Waals surface area contributed by atoms with Gasteiger partial charge < -0.3 is 11.1 Å². The zero-order valence-electron chi connectivity index (χ0n) is 10.6. The summed E-state index contributed by atoms with van der Waals surface area (Å²) in [5, 5.41) is 2.51. The van der Waals surface area contributed by atoms with Gasteiger partial charge in [-0.25, -0.2) is 12.8 Å². The summed E-state index contributed by atoms with van der Waals surface area (Å²) in [6.45, 7) is 1.68. The summed E-state index contributed by atoms with van der Waals surface area (Å²) in [5.74, 6) is -1.05. The number of nitrogens with one attached hydrogen (secondary N) is 2. The van der Waals surface area contributed by atoms with E-state index in [2.05, 4.69) is 5.32 Å². The molecule has 1 unspecified atom stereocenters. The van der Waals surface area contributed by atoms with E-state index in [-0.39, 0.29) is 24.1 Å². The lowest BCUT2D eigenvalue weighted by atomic mass is 10.2. The smallest absolute Gasteiger partial charge is 0.229 e. The van der Waals surface area contributed by atoms with Crippen molar-refractivity contribution in [3.8, 4) is 0 Å². The average molecular weight is 289 g/mol. The number of halogens is 1. The van der Waals surface area contributed by atoms with E-state index in [9.17, 15) is 17.6 Å². The summed E-state index contributed by atoms with van der Waals surface area (Å²) >= 11 is 0. The van der Waals surface area contributed by atoms with Crippen LogP contribution in [0.4, 0.5) is 15.8 Å². The third kappa shape index (κ3) is 5.66. The third-order valence-electron chi connectivity index (χ3n) is 2.05. The van der Waals surface area contributed by atoms with E-state index in [1.165, 1.54) is 12.1 Å². The number of benzene rings is 1. The molecule has 1 rings (SSSR count). The van der Waals surface area contributed by atoms with Gasteiger partial charge >= 0.3 is 0 Å². The SMILES string of the molecule is CC(N)CC(=O)Nc1ccc(F)c(NS(C)(=O)=O)c1. The van der Waals surface area contributed by atoms with E-state index < -0.39 is 15.8 Å². The molecule has 0 fully saturated rings. The predicted molar refractivity (Wildman–Crippen MR) is 71.8 cm³/mol. The Kier molecular flexibility index (Phi) is 4.84. The van der Waals surface area contributed by atoms with Crippen molar-refractivity contribution in [1.82, 2.24) is 0 Å². The molecule has 0 radical (unpaired) electrons. The molecule has 0 heterocycles. The molecule has 0 spiro atoms. The molecule has 19 heavy (non-hydrogen) atoms. The molecular formula is C11H16FN3O3S. The van der Waals surface area contributed by atoms with Crippen LogP contribution < -0.4 is 15.8 Å². The molecule has 0 aromatic heterocycles. The molecule has 0 aliphatic carbocycles. The zero-order chi connectivity index (χ0) is 14.6. The summed E-state index contributed by atoms with van der Waals surface area (Å²) in [4.78, 5) is 11.5. The van der Waals surface area contributed by atoms with E-state index in [4.69, 9.17) is 5.73 Å². The van der Waals surface area contributed by atoms with Gasteiger partial charge in [0.15, 0.2) is 0 Å². The fraction of sp³-hybridized carbons (Fsp3) is 0.364. The number of anilines is 2. The Morgan fingerprint density at radius 1 is 1.47 bits per heavy atom. The topological polar surface area (TPSA) is 101 Å². The Balaban J connectivity index is 2.87. The second kappa shape index (κ2) is 5.98. The number of hydrogen-bond acceptors (Lipinski definition) is 4. The Labute approximate surface area is 111 Å². The maximum absolute atomic E-state index is 13.4. The fourth-order valence-electron chi connectivity index (χ4n) is 1.39. The molecular weight excluding hydrogens is 273 g/mol. The number of rotatable bonds is 5. The third-order valence-corrected chi connectivity index (χ3v) is 2.64. The molecule has 0 saturated heterocycles. The number of carbonyl (C=O) groups is 1. The van der Waals surface area contributed by atoms with Crippen molar-refractivity contribution in [3.63, 3.8) is 0 Å². The molecule has 0 aliphatic heterocycles. The molecule has 0 bridgehead atoms. The van der Waals surface area contributed by atoms with Crippen LogP contribution in [-0.4, -0.2) is 26.6 Å². The Bertz CT molecular complexity index is 573. The summed E-state index contributed by atoms with van der Waals surface area (Å²) in [6, 6.07) is 3.31. The maximum Gasteiger partial charge on any atom is 0.229 e. The minimum absolute atomic E-state index is 0.117. The van der Waals surface area contributed by atoms with Gasteiger partial charge in [0.25, 0.3) is 0 Å². The Hall–Kier alpha value is -1.67. The first-order chi connectivity index (χ1) is 8.67. The lowest BCUT2D eigenvalue weighted by Gasteiger charge is -2.10. The quantitative estimate of drug-likeness (QED) is 0.748. The van der Waals surface area contributed by atoms with Crippen LogP contribution in [-0.2, 0) is 14.8 Å². The van der Waals surface area contributed by atoms with Gasteiger partial charge in [0.1, 0.15) is 5.82 Å². The minimum atomic E-state index is -3.59. The van der Waals surface area contributed by atoms with Gasteiger partial charge in [-0.1, -0.05) is 0 Å². The van der Waals surface area contributed by atoms with Crippen molar-refractivity contribution in [3.05, 3.63) is 24.0 Å². The first-order valence-electron chi connectivity index (χ1n) is 5.50. The van der Waals surface area contributed by atoms with E-state index in [0.29, 0.717) is 5.69 Å². The molecule has 106 valence electrons. The second-order valence-corrected chi connectivity index (χ2v) is 6.05. The maximum atomic E-state index is 13.4. The lowest BCUT2D eigenvalue weighted by Crippen LogP contribution is -2.24. The highest BCUT2D eigenvalue weighted by atomic mass is 32.2. The number of nitrogens with two attached hydrogens (primary N) is 1.